The number of halogens is 3. The van der Waals surface area contributed by atoms with Crippen molar-refractivity contribution < 1.29 is 22.7 Å². The van der Waals surface area contributed by atoms with E-state index in [0.29, 0.717) is 6.92 Å². The van der Waals surface area contributed by atoms with Crippen LogP contribution in [0.2, 0.25) is 0 Å². The Kier molecular flexibility index (Phi) is 2.45. The summed E-state index contributed by atoms with van der Waals surface area (Å²) in [5.74, 6) is -3.28. The first-order chi connectivity index (χ1) is 4.33. The van der Waals surface area contributed by atoms with Crippen LogP contribution in [0.4, 0.5) is 13.2 Å². The van der Waals surface area contributed by atoms with Crippen molar-refractivity contribution in [2.75, 3.05) is 0 Å². The lowest BCUT2D eigenvalue weighted by Crippen LogP contribution is -2.20. The molecule has 5 heteroatoms. The van der Waals surface area contributed by atoms with Crippen LogP contribution in [0.5, 0.6) is 0 Å². The zero-order chi connectivity index (χ0) is 8.36. The fourth-order valence-electron chi connectivity index (χ4n) is 0.218. The van der Waals surface area contributed by atoms with E-state index in [0.717, 1.165) is 0 Å². The van der Waals surface area contributed by atoms with Crippen molar-refractivity contribution in [3.63, 3.8) is 0 Å². The van der Waals surface area contributed by atoms with Gasteiger partial charge in [0, 0.05) is 6.92 Å². The maximum absolute atomic E-state index is 11.7. The molecule has 0 bridgehead atoms. The molecule has 0 rings (SSSR count). The van der Waals surface area contributed by atoms with Crippen LogP contribution in [0.1, 0.15) is 6.92 Å². The summed E-state index contributed by atoms with van der Waals surface area (Å²) in [4.78, 5) is 9.98. The molecule has 0 aromatic heterocycles. The highest BCUT2D eigenvalue weighted by molar-refractivity contribution is 5.85. The van der Waals surface area contributed by atoms with Crippen LogP contribution in [-0.2, 0) is 9.53 Å². The fraction of sp³-hybridized carbons (Fsp3) is 0.400. The van der Waals surface area contributed by atoms with Crippen LogP contribution in [0, 0.1) is 0 Å². The molecule has 0 aliphatic rings. The van der Waals surface area contributed by atoms with E-state index in [1.807, 2.05) is 0 Å². The second kappa shape index (κ2) is 2.72. The van der Waals surface area contributed by atoms with E-state index in [2.05, 4.69) is 11.3 Å². The predicted octanol–water partition coefficient (Wildman–Crippen LogP) is 1.63. The number of alkyl halides is 2. The summed E-state index contributed by atoms with van der Waals surface area (Å²) in [6.07, 6.45) is -3.65. The van der Waals surface area contributed by atoms with Gasteiger partial charge in [-0.25, -0.2) is 4.79 Å². The van der Waals surface area contributed by atoms with Gasteiger partial charge in [-0.05, 0) is 0 Å². The normalized spacial score (nSPS) is 10.8. The monoisotopic (exact) mass is 154 g/mol. The van der Waals surface area contributed by atoms with Crippen LogP contribution >= 0.6 is 0 Å². The van der Waals surface area contributed by atoms with Crippen LogP contribution in [-0.4, -0.2) is 12.1 Å². The van der Waals surface area contributed by atoms with E-state index < -0.39 is 17.9 Å². The molecule has 0 aliphatic carbocycles. The molecule has 0 spiro atoms. The summed E-state index contributed by atoms with van der Waals surface area (Å²) in [6.45, 7) is 2.79. The van der Waals surface area contributed by atoms with Crippen molar-refractivity contribution in [3.8, 4) is 0 Å². The lowest BCUT2D eigenvalue weighted by molar-refractivity contribution is -0.220. The molecule has 2 nitrogen and oxygen atoms in total. The number of rotatable bonds is 2. The van der Waals surface area contributed by atoms with Gasteiger partial charge in [-0.3, -0.25) is 0 Å². The zero-order valence-electron chi connectivity index (χ0n) is 5.16. The third kappa shape index (κ3) is 3.94. The molecule has 0 aromatic rings. The van der Waals surface area contributed by atoms with Crippen molar-refractivity contribution in [3.05, 3.63) is 12.4 Å². The molecule has 0 radical (unpaired) electrons. The lowest BCUT2D eigenvalue weighted by Gasteiger charge is -2.08. The largest absolute Gasteiger partial charge is 0.397 e. The summed E-state index contributed by atoms with van der Waals surface area (Å²) in [5, 5.41) is 0. The molecule has 0 unspecified atom stereocenters. The summed E-state index contributed by atoms with van der Waals surface area (Å²) >= 11 is 0. The van der Waals surface area contributed by atoms with Gasteiger partial charge >= 0.3 is 12.1 Å². The molecule has 0 heterocycles. The smallest absolute Gasteiger partial charge is 0.396 e. The summed E-state index contributed by atoms with van der Waals surface area (Å²) < 4.78 is 38.2. The quantitative estimate of drug-likeness (QED) is 0.446. The Morgan fingerprint density at radius 3 is 2.10 bits per heavy atom. The first-order valence-corrected chi connectivity index (χ1v) is 2.28. The second-order valence-electron chi connectivity index (χ2n) is 1.60. The minimum Gasteiger partial charge on any atom is -0.396 e. The Bertz CT molecular complexity index is 159. The Morgan fingerprint density at radius 1 is 1.60 bits per heavy atom. The summed E-state index contributed by atoms with van der Waals surface area (Å²) in [6, 6.07) is 0. The minimum atomic E-state index is -3.65. The summed E-state index contributed by atoms with van der Waals surface area (Å²) in [5.41, 5.74) is 0. The first-order valence-electron chi connectivity index (χ1n) is 2.28. The van der Waals surface area contributed by atoms with Crippen molar-refractivity contribution in [1.82, 2.24) is 0 Å². The Labute approximate surface area is 55.3 Å². The number of carbonyl (C=O) groups is 1. The Morgan fingerprint density at radius 2 is 2.00 bits per heavy atom. The minimum absolute atomic E-state index is 0.327. The van der Waals surface area contributed by atoms with Crippen LogP contribution < -0.4 is 0 Å². The third-order valence-corrected chi connectivity index (χ3v) is 0.493. The van der Waals surface area contributed by atoms with Gasteiger partial charge in [0.25, 0.3) is 0 Å². The van der Waals surface area contributed by atoms with E-state index >= 15 is 0 Å². The average Bonchev–Trinajstić information content (AvgIpc) is 1.60. The number of ether oxygens (including phenoxy) is 1. The molecular formula is C5H5F3O2. The van der Waals surface area contributed by atoms with Gasteiger partial charge in [0.2, 0.25) is 5.83 Å². The predicted molar refractivity (Wildman–Crippen MR) is 27.0 cm³/mol. The fourth-order valence-corrected chi connectivity index (χ4v) is 0.218. The summed E-state index contributed by atoms with van der Waals surface area (Å²) in [7, 11) is 0. The van der Waals surface area contributed by atoms with Gasteiger partial charge in [-0.2, -0.15) is 13.2 Å². The van der Waals surface area contributed by atoms with Crippen molar-refractivity contribution in [2.24, 2.45) is 0 Å². The van der Waals surface area contributed by atoms with Gasteiger partial charge in [-0.1, -0.05) is 6.58 Å². The van der Waals surface area contributed by atoms with E-state index in [1.54, 1.807) is 0 Å². The maximum atomic E-state index is 11.7. The molecule has 0 aromatic carbocycles. The highest BCUT2D eigenvalue weighted by Gasteiger charge is 2.27. The van der Waals surface area contributed by atoms with Crippen molar-refractivity contribution in [2.45, 2.75) is 13.0 Å². The SMILES string of the molecule is C=C(F)C(=O)OC(C)(F)F. The van der Waals surface area contributed by atoms with Crippen LogP contribution in [0.25, 0.3) is 0 Å². The van der Waals surface area contributed by atoms with E-state index in [9.17, 15) is 18.0 Å². The maximum Gasteiger partial charge on any atom is 0.397 e. The number of hydrogen-bond acceptors (Lipinski definition) is 2. The third-order valence-electron chi connectivity index (χ3n) is 0.493. The van der Waals surface area contributed by atoms with Gasteiger partial charge in [0.15, 0.2) is 0 Å². The number of esters is 1. The molecule has 0 saturated heterocycles. The number of carbonyl (C=O) groups excluding carboxylic acids is 1. The Balaban J connectivity index is 3.93. The van der Waals surface area contributed by atoms with Crippen LogP contribution in [0.15, 0.2) is 12.4 Å². The number of hydrogen-bond donors (Lipinski definition) is 0. The molecule has 0 aliphatic heterocycles. The molecular weight excluding hydrogens is 149 g/mol. The standard InChI is InChI=1S/C5H5F3O2/c1-3(6)4(9)10-5(2,7)8/h1H2,2H3. The second-order valence-corrected chi connectivity index (χ2v) is 1.60. The molecule has 0 saturated carbocycles. The molecule has 0 amide bonds. The lowest BCUT2D eigenvalue weighted by atomic mass is 10.6. The average molecular weight is 154 g/mol. The van der Waals surface area contributed by atoms with Gasteiger partial charge in [-0.15, -0.1) is 0 Å². The molecule has 58 valence electrons. The van der Waals surface area contributed by atoms with Gasteiger partial charge in [0.05, 0.1) is 0 Å². The molecule has 10 heavy (non-hydrogen) atoms. The molecule has 0 fully saturated rings. The van der Waals surface area contributed by atoms with Crippen molar-refractivity contribution in [1.29, 1.82) is 0 Å². The highest BCUT2D eigenvalue weighted by atomic mass is 19.3. The topological polar surface area (TPSA) is 26.3 Å². The van der Waals surface area contributed by atoms with E-state index in [4.69, 9.17) is 0 Å². The van der Waals surface area contributed by atoms with Gasteiger partial charge < -0.3 is 4.74 Å². The van der Waals surface area contributed by atoms with E-state index in [-0.39, 0.29) is 0 Å². The highest BCUT2D eigenvalue weighted by Crippen LogP contribution is 2.15. The van der Waals surface area contributed by atoms with Gasteiger partial charge in [0.1, 0.15) is 0 Å². The van der Waals surface area contributed by atoms with E-state index in [1.165, 1.54) is 0 Å². The zero-order valence-corrected chi connectivity index (χ0v) is 5.16. The first kappa shape index (κ1) is 9.00. The van der Waals surface area contributed by atoms with Crippen molar-refractivity contribution >= 4 is 5.97 Å². The molecule has 0 N–H and O–H groups in total. The Hall–Kier alpha value is -1.00. The van der Waals surface area contributed by atoms with Crippen LogP contribution in [0.3, 0.4) is 0 Å². The molecule has 0 atom stereocenters.